The molecule has 1 saturated heterocycles. The number of nitrogens with one attached hydrogen (secondary N) is 2. The minimum absolute atomic E-state index is 0.150. The molecule has 39 heavy (non-hydrogen) atoms. The van der Waals surface area contributed by atoms with Crippen LogP contribution in [-0.2, 0) is 4.79 Å². The van der Waals surface area contributed by atoms with E-state index in [2.05, 4.69) is 77.0 Å². The summed E-state index contributed by atoms with van der Waals surface area (Å²) < 4.78 is 16.4. The zero-order valence-electron chi connectivity index (χ0n) is 22.5. The fourth-order valence-corrected chi connectivity index (χ4v) is 5.75. The fourth-order valence-electron chi connectivity index (χ4n) is 5.42. The SMILES string of the molecule is Cc1cccc(-n2c(C)cc([C@H]3[C@@H](c4ccccn4)NC(=S)N3CCC(=O)Nc3ccccc3F)c2C)c1C. The van der Waals surface area contributed by atoms with Gasteiger partial charge in [-0.1, -0.05) is 30.3 Å². The van der Waals surface area contributed by atoms with Gasteiger partial charge in [-0.05, 0) is 93.0 Å². The van der Waals surface area contributed by atoms with Crippen LogP contribution in [-0.4, -0.2) is 32.0 Å². The number of nitrogens with zero attached hydrogens (tertiary/aromatic N) is 3. The Morgan fingerprint density at radius 1 is 1.05 bits per heavy atom. The lowest BCUT2D eigenvalue weighted by Crippen LogP contribution is -2.33. The van der Waals surface area contributed by atoms with Crippen LogP contribution in [0.4, 0.5) is 10.1 Å². The van der Waals surface area contributed by atoms with Crippen molar-refractivity contribution in [1.82, 2.24) is 19.8 Å². The van der Waals surface area contributed by atoms with Crippen LogP contribution in [0, 0.1) is 33.5 Å². The van der Waals surface area contributed by atoms with Gasteiger partial charge in [-0.3, -0.25) is 9.78 Å². The molecule has 0 bridgehead atoms. The first-order valence-electron chi connectivity index (χ1n) is 13.0. The second-order valence-electron chi connectivity index (χ2n) is 9.98. The summed E-state index contributed by atoms with van der Waals surface area (Å²) >= 11 is 5.80. The Kier molecular flexibility index (Phi) is 7.48. The molecule has 1 aliphatic heterocycles. The smallest absolute Gasteiger partial charge is 0.226 e. The van der Waals surface area contributed by atoms with E-state index < -0.39 is 5.82 Å². The van der Waals surface area contributed by atoms with Gasteiger partial charge in [0, 0.05) is 36.2 Å². The number of aryl methyl sites for hydroxylation is 2. The van der Waals surface area contributed by atoms with Gasteiger partial charge in [0.2, 0.25) is 5.91 Å². The standard InChI is InChI=1S/C31H32FN5OS/c1-19-10-9-14-27(21(19)3)37-20(2)18-23(22(37)4)30-29(26-13-7-8-16-33-26)35-31(39)36(30)17-15-28(38)34-25-12-6-5-11-24(25)32/h5-14,16,18,29-30H,15,17H2,1-4H3,(H,34,38)(H,35,39)/t29-,30+/m1/s1. The molecule has 2 aromatic carbocycles. The third-order valence-electron chi connectivity index (χ3n) is 7.53. The molecule has 0 aliphatic carbocycles. The van der Waals surface area contributed by atoms with Crippen molar-refractivity contribution in [3.05, 3.63) is 113 Å². The van der Waals surface area contributed by atoms with Crippen molar-refractivity contribution >= 4 is 28.9 Å². The number of pyridine rings is 1. The molecule has 6 nitrogen and oxygen atoms in total. The van der Waals surface area contributed by atoms with E-state index in [0.29, 0.717) is 11.7 Å². The summed E-state index contributed by atoms with van der Waals surface area (Å²) in [5.74, 6) is -0.736. The predicted molar refractivity (Wildman–Crippen MR) is 157 cm³/mol. The number of rotatable bonds is 7. The van der Waals surface area contributed by atoms with Crippen molar-refractivity contribution in [2.24, 2.45) is 0 Å². The van der Waals surface area contributed by atoms with Gasteiger partial charge in [0.05, 0.1) is 23.5 Å². The van der Waals surface area contributed by atoms with Crippen LogP contribution in [0.5, 0.6) is 0 Å². The summed E-state index contributed by atoms with van der Waals surface area (Å²) in [5, 5.41) is 6.71. The van der Waals surface area contributed by atoms with Crippen LogP contribution in [0.25, 0.3) is 5.69 Å². The van der Waals surface area contributed by atoms with Crippen molar-refractivity contribution < 1.29 is 9.18 Å². The number of carbonyl (C=O) groups excluding carboxylic acids is 1. The molecule has 200 valence electrons. The first kappa shape index (κ1) is 26.6. The second kappa shape index (κ2) is 11.0. The zero-order chi connectivity index (χ0) is 27.7. The van der Waals surface area contributed by atoms with Crippen molar-refractivity contribution in [1.29, 1.82) is 0 Å². The topological polar surface area (TPSA) is 62.2 Å². The van der Waals surface area contributed by atoms with E-state index in [1.807, 2.05) is 18.2 Å². The highest BCUT2D eigenvalue weighted by atomic mass is 32.1. The zero-order valence-corrected chi connectivity index (χ0v) is 23.3. The summed E-state index contributed by atoms with van der Waals surface area (Å²) in [4.78, 5) is 19.5. The lowest BCUT2D eigenvalue weighted by Gasteiger charge is -2.28. The maximum absolute atomic E-state index is 14.1. The molecule has 0 unspecified atom stereocenters. The molecule has 2 aromatic heterocycles. The van der Waals surface area contributed by atoms with Gasteiger partial charge >= 0.3 is 0 Å². The van der Waals surface area contributed by atoms with E-state index >= 15 is 0 Å². The Bertz CT molecular complexity index is 1530. The number of para-hydroxylation sites is 1. The monoisotopic (exact) mass is 541 g/mol. The summed E-state index contributed by atoms with van der Waals surface area (Å²) in [6.07, 6.45) is 1.93. The molecule has 1 amide bonds. The molecule has 1 fully saturated rings. The first-order chi connectivity index (χ1) is 18.8. The lowest BCUT2D eigenvalue weighted by molar-refractivity contribution is -0.116. The number of thiocarbonyl (C=S) groups is 1. The number of halogens is 1. The molecule has 2 N–H and O–H groups in total. The Hall–Kier alpha value is -4.04. The van der Waals surface area contributed by atoms with Crippen molar-refractivity contribution in [2.75, 3.05) is 11.9 Å². The maximum atomic E-state index is 14.1. The maximum Gasteiger partial charge on any atom is 0.226 e. The van der Waals surface area contributed by atoms with Gasteiger partial charge < -0.3 is 20.1 Å². The molecule has 1 aliphatic rings. The van der Waals surface area contributed by atoms with E-state index in [1.54, 1.807) is 24.4 Å². The molecule has 3 heterocycles. The summed E-state index contributed by atoms with van der Waals surface area (Å²) in [6.45, 7) is 8.88. The fraction of sp³-hybridized carbons (Fsp3) is 0.258. The van der Waals surface area contributed by atoms with E-state index in [1.165, 1.54) is 17.2 Å². The van der Waals surface area contributed by atoms with E-state index in [-0.39, 0.29) is 30.1 Å². The first-order valence-corrected chi connectivity index (χ1v) is 13.4. The van der Waals surface area contributed by atoms with Gasteiger partial charge in [0.1, 0.15) is 5.82 Å². The lowest BCUT2D eigenvalue weighted by atomic mass is 9.96. The number of aromatic nitrogens is 2. The van der Waals surface area contributed by atoms with Gasteiger partial charge in [0.25, 0.3) is 0 Å². The Labute approximate surface area is 233 Å². The number of carbonyl (C=O) groups is 1. The van der Waals surface area contributed by atoms with Crippen molar-refractivity contribution in [2.45, 2.75) is 46.2 Å². The van der Waals surface area contributed by atoms with E-state index in [0.717, 1.165) is 28.3 Å². The average molecular weight is 542 g/mol. The average Bonchev–Trinajstić information content (AvgIpc) is 3.40. The van der Waals surface area contributed by atoms with Crippen LogP contribution < -0.4 is 10.6 Å². The van der Waals surface area contributed by atoms with Crippen LogP contribution in [0.1, 0.15) is 52.3 Å². The van der Waals surface area contributed by atoms with E-state index in [9.17, 15) is 9.18 Å². The molecule has 0 radical (unpaired) electrons. The van der Waals surface area contributed by atoms with Crippen LogP contribution >= 0.6 is 12.2 Å². The van der Waals surface area contributed by atoms with Crippen molar-refractivity contribution in [3.63, 3.8) is 0 Å². The number of hydrogen-bond donors (Lipinski definition) is 2. The van der Waals surface area contributed by atoms with Gasteiger partial charge in [-0.25, -0.2) is 4.39 Å². The Morgan fingerprint density at radius 3 is 2.56 bits per heavy atom. The summed E-state index contributed by atoms with van der Waals surface area (Å²) in [5.41, 5.74) is 8.00. The number of benzene rings is 2. The minimum Gasteiger partial charge on any atom is -0.352 e. The van der Waals surface area contributed by atoms with Gasteiger partial charge in [0.15, 0.2) is 5.11 Å². The molecule has 0 saturated carbocycles. The van der Waals surface area contributed by atoms with Gasteiger partial charge in [-0.2, -0.15) is 0 Å². The molecular formula is C31H32FN5OS. The highest BCUT2D eigenvalue weighted by Gasteiger charge is 2.41. The number of amides is 1. The quantitative estimate of drug-likeness (QED) is 0.271. The predicted octanol–water partition coefficient (Wildman–Crippen LogP) is 6.25. The Balaban J connectivity index is 1.50. The highest BCUT2D eigenvalue weighted by Crippen LogP contribution is 2.41. The van der Waals surface area contributed by atoms with Gasteiger partial charge in [-0.15, -0.1) is 0 Å². The second-order valence-corrected chi connectivity index (χ2v) is 10.4. The summed E-state index contributed by atoms with van der Waals surface area (Å²) in [7, 11) is 0. The van der Waals surface area contributed by atoms with Crippen molar-refractivity contribution in [3.8, 4) is 5.69 Å². The molecule has 2 atom stereocenters. The molecule has 4 aromatic rings. The third kappa shape index (κ3) is 5.16. The number of hydrogen-bond acceptors (Lipinski definition) is 3. The van der Waals surface area contributed by atoms with Crippen LogP contribution in [0.2, 0.25) is 0 Å². The summed E-state index contributed by atoms with van der Waals surface area (Å²) in [6, 6.07) is 20.2. The molecule has 0 spiro atoms. The Morgan fingerprint density at radius 2 is 1.82 bits per heavy atom. The minimum atomic E-state index is -0.462. The van der Waals surface area contributed by atoms with Crippen LogP contribution in [0.3, 0.4) is 0 Å². The van der Waals surface area contributed by atoms with E-state index in [4.69, 9.17) is 12.2 Å². The molecular weight excluding hydrogens is 509 g/mol. The number of anilines is 1. The molecule has 8 heteroatoms. The largest absolute Gasteiger partial charge is 0.352 e. The van der Waals surface area contributed by atoms with Crippen LogP contribution in [0.15, 0.2) is 72.9 Å². The molecule has 5 rings (SSSR count). The highest BCUT2D eigenvalue weighted by molar-refractivity contribution is 7.80. The third-order valence-corrected chi connectivity index (χ3v) is 7.88. The normalized spacial score (nSPS) is 16.8.